The lowest BCUT2D eigenvalue weighted by Crippen LogP contribution is -2.42. The van der Waals surface area contributed by atoms with Gasteiger partial charge in [0.25, 0.3) is 5.91 Å². The monoisotopic (exact) mass is 339 g/mol. The number of piperidine rings is 1. The van der Waals surface area contributed by atoms with Crippen molar-refractivity contribution in [3.8, 4) is 0 Å². The van der Waals surface area contributed by atoms with Crippen LogP contribution in [0.3, 0.4) is 0 Å². The van der Waals surface area contributed by atoms with Crippen LogP contribution in [0.1, 0.15) is 28.8 Å². The number of methoxy groups -OCH3 is 1. The molecule has 0 radical (unpaired) electrons. The third-order valence-corrected chi connectivity index (χ3v) is 4.04. The van der Waals surface area contributed by atoms with Crippen LogP contribution in [0, 0.1) is 11.7 Å². The number of halogens is 1. The van der Waals surface area contributed by atoms with E-state index in [4.69, 9.17) is 14.6 Å². The van der Waals surface area contributed by atoms with Crippen LogP contribution in [0.4, 0.5) is 4.39 Å². The minimum atomic E-state index is -0.890. The summed E-state index contributed by atoms with van der Waals surface area (Å²) in [6, 6.07) is 4.12. The van der Waals surface area contributed by atoms with Gasteiger partial charge in [-0.3, -0.25) is 9.59 Å². The highest BCUT2D eigenvalue weighted by Gasteiger charge is 2.28. The van der Waals surface area contributed by atoms with E-state index in [2.05, 4.69) is 0 Å². The molecule has 1 atom stereocenters. The van der Waals surface area contributed by atoms with E-state index in [9.17, 15) is 14.0 Å². The summed E-state index contributed by atoms with van der Waals surface area (Å²) in [7, 11) is 1.55. The highest BCUT2D eigenvalue weighted by molar-refractivity contribution is 5.94. The summed E-state index contributed by atoms with van der Waals surface area (Å²) >= 11 is 0. The molecule has 1 saturated heterocycles. The molecule has 0 spiro atoms. The summed E-state index contributed by atoms with van der Waals surface area (Å²) in [6.45, 7) is 1.49. The largest absolute Gasteiger partial charge is 0.481 e. The van der Waals surface area contributed by atoms with Crippen LogP contribution in [0.15, 0.2) is 18.2 Å². The zero-order valence-corrected chi connectivity index (χ0v) is 13.7. The Morgan fingerprint density at radius 1 is 1.38 bits per heavy atom. The van der Waals surface area contributed by atoms with Crippen molar-refractivity contribution in [2.75, 3.05) is 33.4 Å². The lowest BCUT2D eigenvalue weighted by Gasteiger charge is -2.30. The fraction of sp³-hybridized carbons (Fsp3) is 0.529. The van der Waals surface area contributed by atoms with Gasteiger partial charge in [0.1, 0.15) is 5.82 Å². The van der Waals surface area contributed by atoms with Crippen molar-refractivity contribution in [3.05, 3.63) is 35.1 Å². The van der Waals surface area contributed by atoms with Crippen molar-refractivity contribution in [2.45, 2.75) is 19.4 Å². The fourth-order valence-electron chi connectivity index (χ4n) is 2.69. The molecule has 1 N–H and O–H groups in total. The van der Waals surface area contributed by atoms with Gasteiger partial charge >= 0.3 is 5.97 Å². The molecule has 0 aliphatic carbocycles. The van der Waals surface area contributed by atoms with Crippen LogP contribution in [0.2, 0.25) is 0 Å². The summed E-state index contributed by atoms with van der Waals surface area (Å²) in [5, 5.41) is 9.12. The number of aliphatic carboxylic acids is 1. The predicted octanol–water partition coefficient (Wildman–Crippen LogP) is 1.93. The lowest BCUT2D eigenvalue weighted by molar-refractivity contribution is -0.143. The molecule has 0 unspecified atom stereocenters. The first-order valence-corrected chi connectivity index (χ1v) is 7.90. The predicted molar refractivity (Wildman–Crippen MR) is 84.2 cm³/mol. The summed E-state index contributed by atoms with van der Waals surface area (Å²) in [5.41, 5.74) is 0.636. The first-order valence-electron chi connectivity index (χ1n) is 7.90. The molecule has 0 bridgehead atoms. The minimum Gasteiger partial charge on any atom is -0.481 e. The van der Waals surface area contributed by atoms with E-state index in [1.807, 2.05) is 0 Å². The zero-order valence-electron chi connectivity index (χ0n) is 13.7. The van der Waals surface area contributed by atoms with Crippen molar-refractivity contribution < 1.29 is 28.6 Å². The van der Waals surface area contributed by atoms with Gasteiger partial charge in [-0.15, -0.1) is 0 Å². The number of rotatable bonds is 7. The van der Waals surface area contributed by atoms with Gasteiger partial charge in [0.2, 0.25) is 0 Å². The van der Waals surface area contributed by atoms with Gasteiger partial charge in [-0.05, 0) is 31.0 Å². The molecule has 1 fully saturated rings. The van der Waals surface area contributed by atoms with Gasteiger partial charge in [-0.2, -0.15) is 0 Å². The number of benzene rings is 1. The molecule has 24 heavy (non-hydrogen) atoms. The van der Waals surface area contributed by atoms with E-state index in [-0.39, 0.29) is 19.1 Å². The van der Waals surface area contributed by atoms with Crippen LogP contribution in [0.5, 0.6) is 0 Å². The van der Waals surface area contributed by atoms with Crippen molar-refractivity contribution in [2.24, 2.45) is 5.92 Å². The number of carboxylic acid groups (broad SMARTS) is 1. The molecule has 1 amide bonds. The molecule has 0 aromatic heterocycles. The Bertz CT molecular complexity index is 592. The number of carbonyl (C=O) groups is 2. The van der Waals surface area contributed by atoms with E-state index in [0.717, 1.165) is 0 Å². The molecule has 1 heterocycles. The second kappa shape index (κ2) is 8.75. The number of nitrogens with zero attached hydrogens (tertiary/aromatic N) is 1. The maximum absolute atomic E-state index is 13.8. The van der Waals surface area contributed by atoms with Gasteiger partial charge < -0.3 is 19.5 Å². The van der Waals surface area contributed by atoms with Gasteiger partial charge in [-0.25, -0.2) is 4.39 Å². The molecule has 7 heteroatoms. The molecule has 6 nitrogen and oxygen atoms in total. The van der Waals surface area contributed by atoms with Crippen LogP contribution in [-0.2, 0) is 20.9 Å². The zero-order chi connectivity index (χ0) is 17.5. The molecule has 1 aliphatic heterocycles. The molecule has 1 aromatic carbocycles. The molecule has 1 aliphatic rings. The first-order chi connectivity index (χ1) is 11.5. The van der Waals surface area contributed by atoms with E-state index >= 15 is 0 Å². The average Bonchev–Trinajstić information content (AvgIpc) is 2.59. The van der Waals surface area contributed by atoms with Crippen LogP contribution in [0.25, 0.3) is 0 Å². The maximum atomic E-state index is 13.8. The SMILES string of the molecule is COCCOCc1cc(C(=O)N2CCC[C@H](C(=O)O)C2)ccc1F. The Balaban J connectivity index is 2.04. The molecule has 2 rings (SSSR count). The maximum Gasteiger partial charge on any atom is 0.308 e. The molecular formula is C17H22FNO5. The van der Waals surface area contributed by atoms with Crippen molar-refractivity contribution in [1.82, 2.24) is 4.90 Å². The van der Waals surface area contributed by atoms with Gasteiger partial charge in [0.15, 0.2) is 0 Å². The van der Waals surface area contributed by atoms with Gasteiger partial charge in [0.05, 0.1) is 25.7 Å². The highest BCUT2D eigenvalue weighted by atomic mass is 19.1. The number of carbonyl (C=O) groups excluding carboxylic acids is 1. The fourth-order valence-corrected chi connectivity index (χ4v) is 2.69. The Hall–Kier alpha value is -1.99. The second-order valence-corrected chi connectivity index (χ2v) is 5.78. The van der Waals surface area contributed by atoms with E-state index in [0.29, 0.717) is 43.7 Å². The Morgan fingerprint density at radius 3 is 2.88 bits per heavy atom. The third-order valence-electron chi connectivity index (χ3n) is 4.04. The van der Waals surface area contributed by atoms with E-state index in [1.54, 1.807) is 7.11 Å². The van der Waals surface area contributed by atoms with Crippen molar-refractivity contribution in [1.29, 1.82) is 0 Å². The van der Waals surface area contributed by atoms with E-state index in [1.165, 1.54) is 23.1 Å². The summed E-state index contributed by atoms with van der Waals surface area (Å²) in [6.07, 6.45) is 1.22. The number of likely N-dealkylation sites (tertiary alicyclic amines) is 1. The summed E-state index contributed by atoms with van der Waals surface area (Å²) < 4.78 is 24.0. The summed E-state index contributed by atoms with van der Waals surface area (Å²) in [4.78, 5) is 25.2. The lowest BCUT2D eigenvalue weighted by atomic mass is 9.97. The molecular weight excluding hydrogens is 317 g/mol. The third kappa shape index (κ3) is 4.75. The van der Waals surface area contributed by atoms with Crippen molar-refractivity contribution >= 4 is 11.9 Å². The Labute approximate surface area is 140 Å². The second-order valence-electron chi connectivity index (χ2n) is 5.78. The highest BCUT2D eigenvalue weighted by Crippen LogP contribution is 2.20. The van der Waals surface area contributed by atoms with Crippen LogP contribution >= 0.6 is 0 Å². The minimum absolute atomic E-state index is 0.0497. The van der Waals surface area contributed by atoms with Crippen molar-refractivity contribution in [3.63, 3.8) is 0 Å². The number of hydrogen-bond donors (Lipinski definition) is 1. The van der Waals surface area contributed by atoms with Gasteiger partial charge in [-0.1, -0.05) is 0 Å². The molecule has 0 saturated carbocycles. The number of ether oxygens (including phenoxy) is 2. The number of carboxylic acids is 1. The number of amides is 1. The van der Waals surface area contributed by atoms with Crippen LogP contribution < -0.4 is 0 Å². The average molecular weight is 339 g/mol. The Kier molecular flexibility index (Phi) is 6.69. The summed E-state index contributed by atoms with van der Waals surface area (Å²) in [5.74, 6) is -2.15. The smallest absolute Gasteiger partial charge is 0.308 e. The Morgan fingerprint density at radius 2 is 2.17 bits per heavy atom. The number of hydrogen-bond acceptors (Lipinski definition) is 4. The quantitative estimate of drug-likeness (QED) is 0.768. The van der Waals surface area contributed by atoms with E-state index < -0.39 is 17.7 Å². The molecule has 1 aromatic rings. The first kappa shape index (κ1) is 18.4. The topological polar surface area (TPSA) is 76.1 Å². The van der Waals surface area contributed by atoms with Gasteiger partial charge in [0, 0.05) is 31.3 Å². The standard InChI is InChI=1S/C17H22FNO5/c1-23-7-8-24-11-14-9-12(4-5-15(14)18)16(20)19-6-2-3-13(10-19)17(21)22/h4-5,9,13H,2-3,6-8,10-11H2,1H3,(H,21,22)/t13-/m0/s1. The van der Waals surface area contributed by atoms with Crippen LogP contribution in [-0.4, -0.2) is 55.3 Å². The molecule has 132 valence electrons. The normalized spacial score (nSPS) is 17.8.